The van der Waals surface area contributed by atoms with Crippen LogP contribution in [0.4, 0.5) is 5.69 Å². The number of para-hydroxylation sites is 1. The fourth-order valence-corrected chi connectivity index (χ4v) is 3.04. The summed E-state index contributed by atoms with van der Waals surface area (Å²) in [4.78, 5) is 4.66. The maximum absolute atomic E-state index is 5.93. The molecule has 0 radical (unpaired) electrons. The second-order valence-electron chi connectivity index (χ2n) is 4.38. The lowest BCUT2D eigenvalue weighted by atomic mass is 10.0. The van der Waals surface area contributed by atoms with E-state index >= 15 is 0 Å². The number of anilines is 1. The van der Waals surface area contributed by atoms with Crippen molar-refractivity contribution in [3.05, 3.63) is 58.6 Å². The molecule has 90 valence electrons. The third-order valence-electron chi connectivity index (χ3n) is 3.17. The smallest absolute Gasteiger partial charge is 0.0982 e. The van der Waals surface area contributed by atoms with Crippen LogP contribution in [0, 0.1) is 6.92 Å². The van der Waals surface area contributed by atoms with Crippen LogP contribution in [-0.2, 0) is 6.42 Å². The number of nitrogen functional groups attached to an aromatic ring is 1. The van der Waals surface area contributed by atoms with E-state index in [4.69, 9.17) is 5.73 Å². The molecule has 0 aliphatic carbocycles. The average molecular weight is 254 g/mol. The number of rotatable bonds is 2. The van der Waals surface area contributed by atoms with Crippen LogP contribution >= 0.6 is 11.3 Å². The van der Waals surface area contributed by atoms with Crippen LogP contribution in [0.1, 0.15) is 16.1 Å². The normalized spacial score (nSPS) is 10.9. The molecule has 0 fully saturated rings. The summed E-state index contributed by atoms with van der Waals surface area (Å²) < 4.78 is 1.24. The van der Waals surface area contributed by atoms with Gasteiger partial charge in [-0.1, -0.05) is 24.3 Å². The standard InChI is InChI=1S/C15H14N2S/c1-10-11(5-4-6-12(10)16)9-15-17-13-7-2-3-8-14(13)18-15/h2-8H,9,16H2,1H3. The Kier molecular flexibility index (Phi) is 2.76. The summed E-state index contributed by atoms with van der Waals surface area (Å²) in [6, 6.07) is 14.3. The first-order chi connectivity index (χ1) is 8.74. The van der Waals surface area contributed by atoms with Gasteiger partial charge in [0.05, 0.1) is 15.2 Å². The molecule has 3 aromatic rings. The van der Waals surface area contributed by atoms with E-state index in [2.05, 4.69) is 36.2 Å². The van der Waals surface area contributed by atoms with Crippen LogP contribution in [0.25, 0.3) is 10.2 Å². The van der Waals surface area contributed by atoms with Gasteiger partial charge < -0.3 is 5.73 Å². The predicted molar refractivity (Wildman–Crippen MR) is 78.0 cm³/mol. The fourth-order valence-electron chi connectivity index (χ4n) is 2.05. The molecule has 0 aliphatic heterocycles. The number of nitrogens with two attached hydrogens (primary N) is 1. The maximum atomic E-state index is 5.93. The minimum atomic E-state index is 0.855. The molecule has 0 unspecified atom stereocenters. The number of thiazole rings is 1. The van der Waals surface area contributed by atoms with E-state index in [1.165, 1.54) is 10.3 Å². The highest BCUT2D eigenvalue weighted by molar-refractivity contribution is 7.18. The second kappa shape index (κ2) is 4.42. The average Bonchev–Trinajstić information content (AvgIpc) is 2.77. The van der Waals surface area contributed by atoms with Crippen molar-refractivity contribution in [2.45, 2.75) is 13.3 Å². The number of fused-ring (bicyclic) bond motifs is 1. The van der Waals surface area contributed by atoms with Gasteiger partial charge >= 0.3 is 0 Å². The summed E-state index contributed by atoms with van der Waals surface area (Å²) in [5, 5.41) is 1.14. The van der Waals surface area contributed by atoms with Gasteiger partial charge in [0.25, 0.3) is 0 Å². The van der Waals surface area contributed by atoms with E-state index in [0.717, 1.165) is 28.2 Å². The number of nitrogens with zero attached hydrogens (tertiary/aromatic N) is 1. The molecule has 0 bridgehead atoms. The molecular weight excluding hydrogens is 240 g/mol. The Morgan fingerprint density at radius 1 is 1.11 bits per heavy atom. The zero-order chi connectivity index (χ0) is 12.5. The van der Waals surface area contributed by atoms with Gasteiger partial charge in [0.2, 0.25) is 0 Å². The van der Waals surface area contributed by atoms with Crippen LogP contribution < -0.4 is 5.73 Å². The number of benzene rings is 2. The van der Waals surface area contributed by atoms with Gasteiger partial charge in [-0.3, -0.25) is 0 Å². The molecule has 18 heavy (non-hydrogen) atoms. The largest absolute Gasteiger partial charge is 0.399 e. The molecule has 0 amide bonds. The van der Waals surface area contributed by atoms with E-state index in [0.29, 0.717) is 0 Å². The van der Waals surface area contributed by atoms with E-state index in [-0.39, 0.29) is 0 Å². The summed E-state index contributed by atoms with van der Waals surface area (Å²) in [7, 11) is 0. The molecule has 1 aromatic heterocycles. The molecule has 0 atom stereocenters. The van der Waals surface area contributed by atoms with Crippen LogP contribution in [0.2, 0.25) is 0 Å². The Morgan fingerprint density at radius 3 is 2.78 bits per heavy atom. The molecule has 1 heterocycles. The van der Waals surface area contributed by atoms with Crippen LogP contribution in [0.3, 0.4) is 0 Å². The fraction of sp³-hybridized carbons (Fsp3) is 0.133. The summed E-state index contributed by atoms with van der Waals surface area (Å²) in [6.07, 6.45) is 0.857. The topological polar surface area (TPSA) is 38.9 Å². The van der Waals surface area contributed by atoms with Gasteiger partial charge in [0.15, 0.2) is 0 Å². The van der Waals surface area contributed by atoms with Gasteiger partial charge in [-0.2, -0.15) is 0 Å². The molecule has 3 heteroatoms. The summed E-state index contributed by atoms with van der Waals surface area (Å²) >= 11 is 1.75. The zero-order valence-corrected chi connectivity index (χ0v) is 11.0. The van der Waals surface area contributed by atoms with Gasteiger partial charge in [0, 0.05) is 12.1 Å². The molecular formula is C15H14N2S. The molecule has 2 nitrogen and oxygen atoms in total. The van der Waals surface area contributed by atoms with Crippen LogP contribution in [0.15, 0.2) is 42.5 Å². The molecule has 3 rings (SSSR count). The molecule has 2 N–H and O–H groups in total. The van der Waals surface area contributed by atoms with Crippen molar-refractivity contribution in [2.75, 3.05) is 5.73 Å². The lowest BCUT2D eigenvalue weighted by Crippen LogP contribution is -1.96. The van der Waals surface area contributed by atoms with Crippen LogP contribution in [0.5, 0.6) is 0 Å². The first-order valence-corrected chi connectivity index (χ1v) is 6.74. The van der Waals surface area contributed by atoms with Crippen molar-refractivity contribution < 1.29 is 0 Å². The molecule has 0 saturated carbocycles. The highest BCUT2D eigenvalue weighted by atomic mass is 32.1. The lowest BCUT2D eigenvalue weighted by Gasteiger charge is -2.05. The second-order valence-corrected chi connectivity index (χ2v) is 5.50. The van der Waals surface area contributed by atoms with E-state index in [1.54, 1.807) is 11.3 Å². The molecule has 0 saturated heterocycles. The molecule has 0 spiro atoms. The van der Waals surface area contributed by atoms with Gasteiger partial charge in [-0.15, -0.1) is 11.3 Å². The Balaban J connectivity index is 1.99. The van der Waals surface area contributed by atoms with Gasteiger partial charge in [-0.05, 0) is 36.2 Å². The first kappa shape index (κ1) is 11.2. The van der Waals surface area contributed by atoms with E-state index < -0.39 is 0 Å². The van der Waals surface area contributed by atoms with Gasteiger partial charge in [0.1, 0.15) is 0 Å². The number of hydrogen-bond acceptors (Lipinski definition) is 3. The van der Waals surface area contributed by atoms with Crippen molar-refractivity contribution in [3.8, 4) is 0 Å². The minimum Gasteiger partial charge on any atom is -0.399 e. The quantitative estimate of drug-likeness (QED) is 0.707. The number of hydrogen-bond donors (Lipinski definition) is 1. The Hall–Kier alpha value is -1.87. The highest BCUT2D eigenvalue weighted by Crippen LogP contribution is 2.25. The lowest BCUT2D eigenvalue weighted by molar-refractivity contribution is 1.13. The summed E-state index contributed by atoms with van der Waals surface area (Å²) in [6.45, 7) is 2.07. The monoisotopic (exact) mass is 254 g/mol. The Morgan fingerprint density at radius 2 is 1.94 bits per heavy atom. The Bertz CT molecular complexity index is 668. The third kappa shape index (κ3) is 1.97. The maximum Gasteiger partial charge on any atom is 0.0982 e. The minimum absolute atomic E-state index is 0.855. The Labute approximate surface area is 110 Å². The van der Waals surface area contributed by atoms with E-state index in [1.807, 2.05) is 18.2 Å². The zero-order valence-electron chi connectivity index (χ0n) is 10.2. The summed E-state index contributed by atoms with van der Waals surface area (Å²) in [5.41, 5.74) is 10.3. The highest BCUT2D eigenvalue weighted by Gasteiger charge is 2.07. The van der Waals surface area contributed by atoms with E-state index in [9.17, 15) is 0 Å². The molecule has 0 aliphatic rings. The molecule has 2 aromatic carbocycles. The summed E-state index contributed by atoms with van der Waals surface area (Å²) in [5.74, 6) is 0. The third-order valence-corrected chi connectivity index (χ3v) is 4.20. The first-order valence-electron chi connectivity index (χ1n) is 5.92. The van der Waals surface area contributed by atoms with Crippen molar-refractivity contribution in [1.29, 1.82) is 0 Å². The van der Waals surface area contributed by atoms with Crippen molar-refractivity contribution in [1.82, 2.24) is 4.98 Å². The number of aromatic nitrogens is 1. The van der Waals surface area contributed by atoms with Crippen molar-refractivity contribution >= 4 is 27.2 Å². The van der Waals surface area contributed by atoms with Crippen LogP contribution in [-0.4, -0.2) is 4.98 Å². The SMILES string of the molecule is Cc1c(N)cccc1Cc1nc2ccccc2s1. The van der Waals surface area contributed by atoms with Gasteiger partial charge in [-0.25, -0.2) is 4.98 Å². The van der Waals surface area contributed by atoms with Crippen molar-refractivity contribution in [3.63, 3.8) is 0 Å². The predicted octanol–water partition coefficient (Wildman–Crippen LogP) is 3.78. The van der Waals surface area contributed by atoms with Crippen molar-refractivity contribution in [2.24, 2.45) is 0 Å².